The summed E-state index contributed by atoms with van der Waals surface area (Å²) in [6.45, 7) is 3.60. The number of rotatable bonds is 5. The summed E-state index contributed by atoms with van der Waals surface area (Å²) in [6, 6.07) is 8.59. The van der Waals surface area contributed by atoms with Crippen LogP contribution in [0.15, 0.2) is 24.3 Å². The minimum atomic E-state index is 0.232. The van der Waals surface area contributed by atoms with Crippen molar-refractivity contribution in [2.45, 2.75) is 25.5 Å². The summed E-state index contributed by atoms with van der Waals surface area (Å²) in [5.41, 5.74) is 1.24. The van der Waals surface area contributed by atoms with E-state index in [2.05, 4.69) is 24.4 Å². The Labute approximate surface area is 96.8 Å². The van der Waals surface area contributed by atoms with Gasteiger partial charge in [0.25, 0.3) is 0 Å². The van der Waals surface area contributed by atoms with Crippen LogP contribution >= 0.6 is 0 Å². The number of benzene rings is 1. The molecule has 1 heterocycles. The van der Waals surface area contributed by atoms with E-state index in [0.717, 1.165) is 12.2 Å². The van der Waals surface area contributed by atoms with E-state index >= 15 is 0 Å². The summed E-state index contributed by atoms with van der Waals surface area (Å²) in [5.74, 6) is 0.983. The third-order valence-corrected chi connectivity index (χ3v) is 2.95. The second kappa shape index (κ2) is 5.32. The Balaban J connectivity index is 2.14. The number of hydrogen-bond acceptors (Lipinski definition) is 3. The van der Waals surface area contributed by atoms with Crippen molar-refractivity contribution in [2.75, 3.05) is 20.3 Å². The lowest BCUT2D eigenvalue weighted by atomic mass is 10.0. The van der Waals surface area contributed by atoms with Crippen LogP contribution in [0, 0.1) is 0 Å². The second-order valence-corrected chi connectivity index (χ2v) is 4.06. The highest BCUT2D eigenvalue weighted by molar-refractivity contribution is 5.36. The van der Waals surface area contributed by atoms with E-state index in [1.54, 1.807) is 0 Å². The summed E-state index contributed by atoms with van der Waals surface area (Å²) >= 11 is 0. The van der Waals surface area contributed by atoms with Crippen LogP contribution in [-0.2, 0) is 4.74 Å². The first-order valence-corrected chi connectivity index (χ1v) is 5.85. The first-order valence-electron chi connectivity index (χ1n) is 5.85. The summed E-state index contributed by atoms with van der Waals surface area (Å²) in [7, 11) is 1.98. The molecule has 0 amide bonds. The normalized spacial score (nSPS) is 17.9. The van der Waals surface area contributed by atoms with Crippen LogP contribution in [0.1, 0.15) is 24.9 Å². The van der Waals surface area contributed by atoms with E-state index in [4.69, 9.17) is 9.47 Å². The molecule has 1 saturated heterocycles. The van der Waals surface area contributed by atoms with E-state index in [0.29, 0.717) is 19.3 Å². The predicted molar refractivity (Wildman–Crippen MR) is 63.8 cm³/mol. The molecule has 0 spiro atoms. The molecule has 1 aliphatic rings. The van der Waals surface area contributed by atoms with Crippen LogP contribution in [0.4, 0.5) is 0 Å². The van der Waals surface area contributed by atoms with Gasteiger partial charge in [-0.15, -0.1) is 0 Å². The zero-order valence-electron chi connectivity index (χ0n) is 9.90. The minimum Gasteiger partial charge on any atom is -0.485 e. The van der Waals surface area contributed by atoms with Crippen molar-refractivity contribution < 1.29 is 9.47 Å². The van der Waals surface area contributed by atoms with Crippen molar-refractivity contribution in [2.24, 2.45) is 0 Å². The Bertz CT molecular complexity index is 332. The molecular formula is C13H19NO2. The Hall–Kier alpha value is -1.06. The molecule has 88 valence electrons. The van der Waals surface area contributed by atoms with Crippen molar-refractivity contribution in [3.8, 4) is 5.75 Å². The SMILES string of the molecule is CCC(NC)c1ccccc1OC1COC1. The number of para-hydroxylation sites is 1. The monoisotopic (exact) mass is 221 g/mol. The summed E-state index contributed by atoms with van der Waals surface area (Å²) in [5, 5.41) is 3.31. The fourth-order valence-electron chi connectivity index (χ4n) is 1.92. The lowest BCUT2D eigenvalue weighted by Crippen LogP contribution is -2.39. The Morgan fingerprint density at radius 3 is 2.75 bits per heavy atom. The van der Waals surface area contributed by atoms with Crippen molar-refractivity contribution in [1.82, 2.24) is 5.32 Å². The molecule has 16 heavy (non-hydrogen) atoms. The Morgan fingerprint density at radius 2 is 2.19 bits per heavy atom. The molecule has 1 aromatic carbocycles. The quantitative estimate of drug-likeness (QED) is 0.826. The molecule has 0 aromatic heterocycles. The molecule has 1 aromatic rings. The first kappa shape index (κ1) is 11.4. The van der Waals surface area contributed by atoms with Gasteiger partial charge in [0.1, 0.15) is 11.9 Å². The maximum Gasteiger partial charge on any atom is 0.145 e. The average Bonchev–Trinajstić information content (AvgIpc) is 2.27. The molecule has 1 fully saturated rings. The highest BCUT2D eigenvalue weighted by atomic mass is 16.6. The smallest absolute Gasteiger partial charge is 0.145 e. The molecule has 1 N–H and O–H groups in total. The van der Waals surface area contributed by atoms with Crippen molar-refractivity contribution >= 4 is 0 Å². The highest BCUT2D eigenvalue weighted by Gasteiger charge is 2.22. The van der Waals surface area contributed by atoms with Gasteiger partial charge >= 0.3 is 0 Å². The van der Waals surface area contributed by atoms with Gasteiger partial charge in [-0.1, -0.05) is 25.1 Å². The third kappa shape index (κ3) is 2.36. The molecule has 0 radical (unpaired) electrons. The summed E-state index contributed by atoms with van der Waals surface area (Å²) in [4.78, 5) is 0. The van der Waals surface area contributed by atoms with Crippen LogP contribution in [-0.4, -0.2) is 26.4 Å². The van der Waals surface area contributed by atoms with Crippen molar-refractivity contribution in [3.05, 3.63) is 29.8 Å². The van der Waals surface area contributed by atoms with Gasteiger partial charge in [-0.25, -0.2) is 0 Å². The Morgan fingerprint density at radius 1 is 1.44 bits per heavy atom. The average molecular weight is 221 g/mol. The molecule has 1 unspecified atom stereocenters. The molecule has 2 rings (SSSR count). The van der Waals surface area contributed by atoms with Gasteiger partial charge in [-0.2, -0.15) is 0 Å². The zero-order chi connectivity index (χ0) is 11.4. The second-order valence-electron chi connectivity index (χ2n) is 4.06. The lowest BCUT2D eigenvalue weighted by Gasteiger charge is -2.29. The molecule has 1 aliphatic heterocycles. The Kier molecular flexibility index (Phi) is 3.80. The van der Waals surface area contributed by atoms with E-state index < -0.39 is 0 Å². The minimum absolute atomic E-state index is 0.232. The van der Waals surface area contributed by atoms with Crippen LogP contribution in [0.5, 0.6) is 5.75 Å². The van der Waals surface area contributed by atoms with Gasteiger partial charge in [0.05, 0.1) is 13.2 Å². The van der Waals surface area contributed by atoms with Gasteiger partial charge in [-0.05, 0) is 19.5 Å². The topological polar surface area (TPSA) is 30.5 Å². The lowest BCUT2D eigenvalue weighted by molar-refractivity contribution is -0.0801. The van der Waals surface area contributed by atoms with Crippen LogP contribution in [0.25, 0.3) is 0 Å². The van der Waals surface area contributed by atoms with E-state index in [1.165, 1.54) is 5.56 Å². The molecular weight excluding hydrogens is 202 g/mol. The van der Waals surface area contributed by atoms with E-state index in [1.807, 2.05) is 19.2 Å². The third-order valence-electron chi connectivity index (χ3n) is 2.95. The fourth-order valence-corrected chi connectivity index (χ4v) is 1.92. The molecule has 1 atom stereocenters. The summed E-state index contributed by atoms with van der Waals surface area (Å²) < 4.78 is 11.0. The van der Waals surface area contributed by atoms with Gasteiger partial charge in [0.2, 0.25) is 0 Å². The number of hydrogen-bond donors (Lipinski definition) is 1. The van der Waals surface area contributed by atoms with Crippen molar-refractivity contribution in [3.63, 3.8) is 0 Å². The fraction of sp³-hybridized carbons (Fsp3) is 0.538. The zero-order valence-corrected chi connectivity index (χ0v) is 9.90. The standard InChI is InChI=1S/C13H19NO2/c1-3-12(14-2)11-6-4-5-7-13(11)16-10-8-15-9-10/h4-7,10,12,14H,3,8-9H2,1-2H3. The highest BCUT2D eigenvalue weighted by Crippen LogP contribution is 2.28. The van der Waals surface area contributed by atoms with Gasteiger partial charge in [-0.3, -0.25) is 0 Å². The van der Waals surface area contributed by atoms with Crippen LogP contribution < -0.4 is 10.1 Å². The molecule has 0 aliphatic carbocycles. The molecule has 0 saturated carbocycles. The van der Waals surface area contributed by atoms with Crippen LogP contribution in [0.3, 0.4) is 0 Å². The van der Waals surface area contributed by atoms with Gasteiger partial charge < -0.3 is 14.8 Å². The molecule has 3 nitrogen and oxygen atoms in total. The van der Waals surface area contributed by atoms with Gasteiger partial charge in [0.15, 0.2) is 0 Å². The largest absolute Gasteiger partial charge is 0.485 e. The van der Waals surface area contributed by atoms with Gasteiger partial charge in [0, 0.05) is 11.6 Å². The summed E-state index contributed by atoms with van der Waals surface area (Å²) in [6.07, 6.45) is 1.29. The molecule has 3 heteroatoms. The van der Waals surface area contributed by atoms with Crippen molar-refractivity contribution in [1.29, 1.82) is 0 Å². The number of nitrogens with one attached hydrogen (secondary N) is 1. The number of ether oxygens (including phenoxy) is 2. The predicted octanol–water partition coefficient (Wildman–Crippen LogP) is 2.13. The van der Waals surface area contributed by atoms with E-state index in [-0.39, 0.29) is 6.10 Å². The van der Waals surface area contributed by atoms with Crippen LogP contribution in [0.2, 0.25) is 0 Å². The maximum absolute atomic E-state index is 5.90. The van der Waals surface area contributed by atoms with E-state index in [9.17, 15) is 0 Å². The molecule has 0 bridgehead atoms. The first-order chi connectivity index (χ1) is 7.85. The maximum atomic E-state index is 5.90.